The second-order valence-electron chi connectivity index (χ2n) is 12.8. The van der Waals surface area contributed by atoms with Crippen LogP contribution in [0.4, 0.5) is 0 Å². The van der Waals surface area contributed by atoms with Gasteiger partial charge in [0.2, 0.25) is 0 Å². The van der Waals surface area contributed by atoms with Crippen molar-refractivity contribution in [2.24, 2.45) is 11.8 Å². The minimum atomic E-state index is -1.79. The van der Waals surface area contributed by atoms with Crippen molar-refractivity contribution in [3.63, 3.8) is 0 Å². The highest BCUT2D eigenvalue weighted by Gasteiger charge is 2.53. The molecule has 0 radical (unpaired) electrons. The van der Waals surface area contributed by atoms with Crippen LogP contribution in [-0.4, -0.2) is 185 Å². The van der Waals surface area contributed by atoms with Crippen molar-refractivity contribution in [3.05, 3.63) is 0 Å². The summed E-state index contributed by atoms with van der Waals surface area (Å²) in [6, 6.07) is 0. The molecule has 3 saturated heterocycles. The second kappa shape index (κ2) is 14.2. The Labute approximate surface area is 252 Å². The summed E-state index contributed by atoms with van der Waals surface area (Å²) < 4.78 is 29.0. The average molecular weight is 643 g/mol. The third kappa shape index (κ3) is 6.95. The summed E-state index contributed by atoms with van der Waals surface area (Å²) in [6.07, 6.45) is -23.5. The summed E-state index contributed by atoms with van der Waals surface area (Å²) in [4.78, 5) is 0. The van der Waals surface area contributed by atoms with Crippen LogP contribution in [0.1, 0.15) is 32.1 Å². The molecule has 17 nitrogen and oxygen atoms in total. The Morgan fingerprint density at radius 1 is 0.545 bits per heavy atom. The van der Waals surface area contributed by atoms with Gasteiger partial charge in [-0.05, 0) is 38.0 Å². The van der Waals surface area contributed by atoms with Crippen molar-refractivity contribution in [2.45, 2.75) is 142 Å². The first-order valence-corrected chi connectivity index (χ1v) is 15.1. The molecule has 0 amide bonds. The Balaban J connectivity index is 1.30. The lowest BCUT2D eigenvalue weighted by molar-refractivity contribution is -0.347. The van der Waals surface area contributed by atoms with Crippen LogP contribution in [-0.2, 0) is 23.7 Å². The van der Waals surface area contributed by atoms with E-state index in [-0.39, 0.29) is 32.1 Å². The quantitative estimate of drug-likeness (QED) is 0.123. The molecule has 0 spiro atoms. The van der Waals surface area contributed by atoms with Gasteiger partial charge in [0.25, 0.3) is 0 Å². The molecule has 5 aliphatic rings. The Bertz CT molecular complexity index is 917. The Morgan fingerprint density at radius 3 is 1.77 bits per heavy atom. The molecule has 18 unspecified atom stereocenters. The standard InChI is InChI=1S/C27H46O17/c28-6-16-19(34)21(36)23(38)26(43-16)40-7-17-20(35)22(37)24(39)27(44-17)42-15-5-10-11(30)3-9(29)4-14(10)41-25(15)8-1-12(31)18(33)13(32)2-8/h8-39H,1-7H2. The number of rotatable bonds is 7. The summed E-state index contributed by atoms with van der Waals surface area (Å²) in [5.41, 5.74) is 0. The first-order chi connectivity index (χ1) is 20.8. The van der Waals surface area contributed by atoms with Crippen LogP contribution in [0.25, 0.3) is 0 Å². The maximum absolute atomic E-state index is 10.8. The van der Waals surface area contributed by atoms with Crippen LogP contribution in [0.2, 0.25) is 0 Å². The third-order valence-corrected chi connectivity index (χ3v) is 9.78. The predicted octanol–water partition coefficient (Wildman–Crippen LogP) is -6.22. The van der Waals surface area contributed by atoms with Crippen molar-refractivity contribution >= 4 is 0 Å². The summed E-state index contributed by atoms with van der Waals surface area (Å²) in [7, 11) is 0. The van der Waals surface area contributed by atoms with Crippen LogP contribution in [0.5, 0.6) is 0 Å². The number of hydrogen-bond acceptors (Lipinski definition) is 17. The number of hydrogen-bond donors (Lipinski definition) is 12. The Kier molecular flexibility index (Phi) is 11.2. The van der Waals surface area contributed by atoms with Gasteiger partial charge in [0.1, 0.15) is 54.9 Å². The molecule has 0 aromatic carbocycles. The SMILES string of the molecule is OCC1OC(OCC2OC(OC3CC4C(O)CC(O)CC4OC3C3CC(O)C(O)C(O)C3)C(O)C(O)C2O)C(O)C(O)C1O. The van der Waals surface area contributed by atoms with Crippen LogP contribution in [0.3, 0.4) is 0 Å². The number of aliphatic hydroxyl groups excluding tert-OH is 12. The van der Waals surface area contributed by atoms with E-state index < -0.39 is 135 Å². The van der Waals surface area contributed by atoms with Crippen molar-refractivity contribution in [2.75, 3.05) is 13.2 Å². The molecule has 12 N–H and O–H groups in total. The van der Waals surface area contributed by atoms with E-state index in [9.17, 15) is 61.3 Å². The van der Waals surface area contributed by atoms with E-state index in [1.165, 1.54) is 0 Å². The van der Waals surface area contributed by atoms with E-state index in [0.29, 0.717) is 0 Å². The van der Waals surface area contributed by atoms with Gasteiger partial charge < -0.3 is 85.0 Å². The molecule has 44 heavy (non-hydrogen) atoms. The van der Waals surface area contributed by atoms with Crippen molar-refractivity contribution < 1.29 is 85.0 Å². The highest BCUT2D eigenvalue weighted by atomic mass is 16.7. The normalized spacial score (nSPS) is 55.4. The maximum atomic E-state index is 10.8. The van der Waals surface area contributed by atoms with E-state index in [0.717, 1.165) is 0 Å². The first kappa shape index (κ1) is 34.6. The number of ether oxygens (including phenoxy) is 5. The van der Waals surface area contributed by atoms with Crippen LogP contribution in [0, 0.1) is 11.8 Å². The summed E-state index contributed by atoms with van der Waals surface area (Å²) in [5.74, 6) is -1.03. The highest BCUT2D eigenvalue weighted by molar-refractivity contribution is 5.00. The van der Waals surface area contributed by atoms with Crippen LogP contribution in [0.15, 0.2) is 0 Å². The summed E-state index contributed by atoms with van der Waals surface area (Å²) in [5, 5.41) is 123. The molecule has 3 aliphatic heterocycles. The average Bonchev–Trinajstić information content (AvgIpc) is 2.98. The fraction of sp³-hybridized carbons (Fsp3) is 1.00. The predicted molar refractivity (Wildman–Crippen MR) is 140 cm³/mol. The van der Waals surface area contributed by atoms with Crippen molar-refractivity contribution in [1.29, 1.82) is 0 Å². The van der Waals surface area contributed by atoms with E-state index in [2.05, 4.69) is 0 Å². The molecular weight excluding hydrogens is 596 g/mol. The zero-order valence-electron chi connectivity index (χ0n) is 23.9. The molecule has 3 heterocycles. The minimum Gasteiger partial charge on any atom is -0.394 e. The number of fused-ring (bicyclic) bond motifs is 1. The molecular formula is C27H46O17. The van der Waals surface area contributed by atoms with Crippen molar-refractivity contribution in [3.8, 4) is 0 Å². The van der Waals surface area contributed by atoms with Gasteiger partial charge in [-0.1, -0.05) is 0 Å². The minimum absolute atomic E-state index is 0.0379. The van der Waals surface area contributed by atoms with E-state index >= 15 is 0 Å². The lowest BCUT2D eigenvalue weighted by Crippen LogP contribution is -2.63. The van der Waals surface area contributed by atoms with Gasteiger partial charge in [-0.15, -0.1) is 0 Å². The zero-order chi connectivity index (χ0) is 32.0. The first-order valence-electron chi connectivity index (χ1n) is 15.1. The topological polar surface area (TPSA) is 289 Å². The van der Waals surface area contributed by atoms with Crippen LogP contribution < -0.4 is 0 Å². The van der Waals surface area contributed by atoms with Gasteiger partial charge in [0.05, 0.1) is 55.9 Å². The molecule has 2 aliphatic carbocycles. The lowest BCUT2D eigenvalue weighted by Gasteiger charge is -2.51. The summed E-state index contributed by atoms with van der Waals surface area (Å²) >= 11 is 0. The number of aliphatic hydroxyl groups is 12. The molecule has 0 bridgehead atoms. The van der Waals surface area contributed by atoms with Gasteiger partial charge >= 0.3 is 0 Å². The molecule has 256 valence electrons. The third-order valence-electron chi connectivity index (χ3n) is 9.78. The fourth-order valence-electron chi connectivity index (χ4n) is 7.20. The largest absolute Gasteiger partial charge is 0.394 e. The second-order valence-corrected chi connectivity index (χ2v) is 12.8. The van der Waals surface area contributed by atoms with Gasteiger partial charge in [0, 0.05) is 5.92 Å². The van der Waals surface area contributed by atoms with Gasteiger partial charge in [-0.3, -0.25) is 0 Å². The smallest absolute Gasteiger partial charge is 0.187 e. The van der Waals surface area contributed by atoms with Gasteiger partial charge in [-0.25, -0.2) is 0 Å². The summed E-state index contributed by atoms with van der Waals surface area (Å²) in [6.45, 7) is -1.25. The highest BCUT2D eigenvalue weighted by Crippen LogP contribution is 2.43. The molecule has 18 atom stereocenters. The molecule has 0 aromatic rings. The molecule has 5 rings (SSSR count). The maximum Gasteiger partial charge on any atom is 0.187 e. The molecule has 17 heteroatoms. The van der Waals surface area contributed by atoms with Crippen LogP contribution >= 0.6 is 0 Å². The van der Waals surface area contributed by atoms with Gasteiger partial charge in [0.15, 0.2) is 12.6 Å². The molecule has 2 saturated carbocycles. The molecule has 0 aromatic heterocycles. The van der Waals surface area contributed by atoms with E-state index in [1.54, 1.807) is 0 Å². The van der Waals surface area contributed by atoms with Gasteiger partial charge in [-0.2, -0.15) is 0 Å². The fourth-order valence-corrected chi connectivity index (χ4v) is 7.20. The van der Waals surface area contributed by atoms with Crippen molar-refractivity contribution in [1.82, 2.24) is 0 Å². The molecule has 5 fully saturated rings. The zero-order valence-corrected chi connectivity index (χ0v) is 23.9. The van der Waals surface area contributed by atoms with E-state index in [1.807, 2.05) is 0 Å². The Hall–Kier alpha value is -0.680. The lowest BCUT2D eigenvalue weighted by atomic mass is 9.72. The Morgan fingerprint density at radius 2 is 1.14 bits per heavy atom. The monoisotopic (exact) mass is 642 g/mol. The van der Waals surface area contributed by atoms with E-state index in [4.69, 9.17) is 23.7 Å².